The summed E-state index contributed by atoms with van der Waals surface area (Å²) in [4.78, 5) is 0. The summed E-state index contributed by atoms with van der Waals surface area (Å²) >= 11 is 13.0. The predicted molar refractivity (Wildman–Crippen MR) is 83.8 cm³/mol. The van der Waals surface area contributed by atoms with Crippen LogP contribution in [0.5, 0.6) is 0 Å². The zero-order chi connectivity index (χ0) is 13.0. The van der Waals surface area contributed by atoms with Gasteiger partial charge in [-0.15, -0.1) is 0 Å². The normalized spacial score (nSPS) is 10.6. The molecule has 2 aromatic rings. The molecule has 0 aliphatic carbocycles. The molecule has 0 heterocycles. The van der Waals surface area contributed by atoms with Crippen LogP contribution >= 0.6 is 43.5 Å². The van der Waals surface area contributed by atoms with Crippen LogP contribution in [0, 0.1) is 0 Å². The van der Waals surface area contributed by atoms with Crippen molar-refractivity contribution >= 4 is 43.5 Å². The Kier molecular flexibility index (Phi) is 5.25. The van der Waals surface area contributed by atoms with Gasteiger partial charge in [0.05, 0.1) is 0 Å². The molecule has 1 N–H and O–H groups in total. The van der Waals surface area contributed by atoms with E-state index in [9.17, 15) is 0 Å². The highest BCUT2D eigenvalue weighted by molar-refractivity contribution is 9.10. The summed E-state index contributed by atoms with van der Waals surface area (Å²) in [6.45, 7) is 1.59. The number of hydrogen-bond donors (Lipinski definition) is 1. The molecule has 0 saturated carbocycles. The van der Waals surface area contributed by atoms with Crippen molar-refractivity contribution in [2.24, 2.45) is 0 Å². The minimum absolute atomic E-state index is 0.758. The van der Waals surface area contributed by atoms with Gasteiger partial charge in [0.1, 0.15) is 0 Å². The fraction of sp³-hybridized carbons (Fsp3) is 0.143. The van der Waals surface area contributed by atoms with E-state index in [-0.39, 0.29) is 0 Å². The first kappa shape index (κ1) is 14.1. The van der Waals surface area contributed by atoms with Gasteiger partial charge in [-0.2, -0.15) is 0 Å². The molecule has 2 aromatic carbocycles. The van der Waals surface area contributed by atoms with Gasteiger partial charge in [0.15, 0.2) is 0 Å². The maximum Gasteiger partial charge on any atom is 0.0451 e. The Hall–Kier alpha value is -0.350. The van der Waals surface area contributed by atoms with E-state index in [0.29, 0.717) is 0 Å². The van der Waals surface area contributed by atoms with Crippen molar-refractivity contribution in [2.45, 2.75) is 13.1 Å². The second-order valence-corrected chi connectivity index (χ2v) is 6.20. The van der Waals surface area contributed by atoms with E-state index in [4.69, 9.17) is 11.6 Å². The molecule has 1 nitrogen and oxygen atoms in total. The molecular formula is C14H12Br2ClN. The van der Waals surface area contributed by atoms with Crippen LogP contribution < -0.4 is 5.32 Å². The second-order valence-electron chi connectivity index (χ2n) is 3.97. The Bertz CT molecular complexity index is 526. The van der Waals surface area contributed by atoms with E-state index in [1.54, 1.807) is 0 Å². The summed E-state index contributed by atoms with van der Waals surface area (Å²) in [7, 11) is 0. The van der Waals surface area contributed by atoms with Crippen LogP contribution in [0.15, 0.2) is 51.4 Å². The summed E-state index contributed by atoms with van der Waals surface area (Å²) in [5, 5.41) is 4.18. The van der Waals surface area contributed by atoms with E-state index >= 15 is 0 Å². The molecule has 2 rings (SSSR count). The van der Waals surface area contributed by atoms with Crippen molar-refractivity contribution in [1.82, 2.24) is 5.32 Å². The summed E-state index contributed by atoms with van der Waals surface area (Å²) in [6, 6.07) is 14.2. The Morgan fingerprint density at radius 3 is 2.28 bits per heavy atom. The topological polar surface area (TPSA) is 12.0 Å². The van der Waals surface area contributed by atoms with Crippen LogP contribution in [-0.2, 0) is 13.1 Å². The summed E-state index contributed by atoms with van der Waals surface area (Å²) in [6.07, 6.45) is 0. The maximum absolute atomic E-state index is 6.13. The van der Waals surface area contributed by atoms with Gasteiger partial charge in [-0.1, -0.05) is 55.6 Å². The fourth-order valence-corrected chi connectivity index (χ4v) is 2.48. The number of nitrogens with one attached hydrogen (secondary N) is 1. The quantitative estimate of drug-likeness (QED) is 0.762. The molecule has 0 aliphatic rings. The van der Waals surface area contributed by atoms with Gasteiger partial charge in [-0.05, 0) is 41.5 Å². The molecule has 4 heteroatoms. The first-order valence-electron chi connectivity index (χ1n) is 5.54. The highest BCUT2D eigenvalue weighted by atomic mass is 79.9. The summed E-state index contributed by atoms with van der Waals surface area (Å²) < 4.78 is 2.15. The molecular weight excluding hydrogens is 377 g/mol. The van der Waals surface area contributed by atoms with Crippen molar-refractivity contribution in [3.05, 3.63) is 67.6 Å². The Labute approximate surface area is 129 Å². The van der Waals surface area contributed by atoms with Crippen LogP contribution in [0.4, 0.5) is 0 Å². The Morgan fingerprint density at radius 1 is 0.889 bits per heavy atom. The highest BCUT2D eigenvalue weighted by Gasteiger charge is 2.01. The zero-order valence-electron chi connectivity index (χ0n) is 9.59. The largest absolute Gasteiger partial charge is 0.309 e. The molecule has 0 bridgehead atoms. The van der Waals surface area contributed by atoms with Gasteiger partial charge in [-0.25, -0.2) is 0 Å². The first-order chi connectivity index (χ1) is 8.65. The van der Waals surface area contributed by atoms with E-state index < -0.39 is 0 Å². The molecule has 18 heavy (non-hydrogen) atoms. The number of benzene rings is 2. The van der Waals surface area contributed by atoms with E-state index in [0.717, 1.165) is 32.6 Å². The van der Waals surface area contributed by atoms with Gasteiger partial charge >= 0.3 is 0 Å². The molecule has 0 atom stereocenters. The smallest absolute Gasteiger partial charge is 0.0451 e. The molecule has 0 saturated heterocycles. The number of halogens is 3. The van der Waals surface area contributed by atoms with Crippen molar-refractivity contribution in [3.8, 4) is 0 Å². The third-order valence-electron chi connectivity index (χ3n) is 2.57. The molecule has 0 fully saturated rings. The predicted octanol–water partition coefficient (Wildman–Crippen LogP) is 5.15. The lowest BCUT2D eigenvalue weighted by Crippen LogP contribution is -2.12. The van der Waals surface area contributed by atoms with E-state index in [2.05, 4.69) is 49.3 Å². The molecule has 0 unspecified atom stereocenters. The average Bonchev–Trinajstić information content (AvgIpc) is 2.36. The minimum atomic E-state index is 0.758. The van der Waals surface area contributed by atoms with Crippen molar-refractivity contribution in [2.75, 3.05) is 0 Å². The molecule has 0 radical (unpaired) electrons. The molecule has 94 valence electrons. The minimum Gasteiger partial charge on any atom is -0.309 e. The fourth-order valence-electron chi connectivity index (χ4n) is 1.62. The highest BCUT2D eigenvalue weighted by Crippen LogP contribution is 2.20. The van der Waals surface area contributed by atoms with Crippen LogP contribution in [0.25, 0.3) is 0 Å². The Balaban J connectivity index is 1.92. The van der Waals surface area contributed by atoms with Crippen molar-refractivity contribution in [1.29, 1.82) is 0 Å². The monoisotopic (exact) mass is 387 g/mol. The van der Waals surface area contributed by atoms with Crippen LogP contribution in [0.1, 0.15) is 11.1 Å². The third-order valence-corrected chi connectivity index (χ3v) is 3.96. The lowest BCUT2D eigenvalue weighted by molar-refractivity contribution is 0.693. The van der Waals surface area contributed by atoms with Gasteiger partial charge in [-0.3, -0.25) is 0 Å². The zero-order valence-corrected chi connectivity index (χ0v) is 13.5. The van der Waals surface area contributed by atoms with Gasteiger partial charge in [0, 0.05) is 27.1 Å². The second kappa shape index (κ2) is 6.71. The molecule has 0 spiro atoms. The summed E-state index contributed by atoms with van der Waals surface area (Å²) in [5.41, 5.74) is 2.35. The number of hydrogen-bond acceptors (Lipinski definition) is 1. The van der Waals surface area contributed by atoms with Gasteiger partial charge in [0.2, 0.25) is 0 Å². The van der Waals surface area contributed by atoms with Crippen molar-refractivity contribution < 1.29 is 0 Å². The SMILES string of the molecule is Clc1ccc(Br)cc1CNCc1ccc(Br)cc1. The van der Waals surface area contributed by atoms with E-state index in [1.807, 2.05) is 30.3 Å². The standard InChI is InChI=1S/C14H12Br2ClN/c15-12-3-1-10(2-4-12)8-18-9-11-7-13(16)5-6-14(11)17/h1-7,18H,8-9H2. The summed E-state index contributed by atoms with van der Waals surface area (Å²) in [5.74, 6) is 0. The van der Waals surface area contributed by atoms with Crippen LogP contribution in [0.2, 0.25) is 5.02 Å². The Morgan fingerprint density at radius 2 is 1.56 bits per heavy atom. The first-order valence-corrected chi connectivity index (χ1v) is 7.50. The maximum atomic E-state index is 6.13. The van der Waals surface area contributed by atoms with Crippen LogP contribution in [-0.4, -0.2) is 0 Å². The third kappa shape index (κ3) is 4.09. The van der Waals surface area contributed by atoms with Crippen molar-refractivity contribution in [3.63, 3.8) is 0 Å². The lowest BCUT2D eigenvalue weighted by Gasteiger charge is -2.07. The molecule has 0 aromatic heterocycles. The molecule has 0 aliphatic heterocycles. The van der Waals surface area contributed by atoms with Crippen LogP contribution in [0.3, 0.4) is 0 Å². The van der Waals surface area contributed by atoms with Gasteiger partial charge in [0.25, 0.3) is 0 Å². The van der Waals surface area contributed by atoms with E-state index in [1.165, 1.54) is 5.56 Å². The molecule has 0 amide bonds. The van der Waals surface area contributed by atoms with Gasteiger partial charge < -0.3 is 5.32 Å². The lowest BCUT2D eigenvalue weighted by atomic mass is 10.2. The number of rotatable bonds is 4. The average molecular weight is 390 g/mol.